The van der Waals surface area contributed by atoms with Gasteiger partial charge in [0.2, 0.25) is 5.95 Å². The van der Waals surface area contributed by atoms with Gasteiger partial charge in [0, 0.05) is 74.9 Å². The lowest BCUT2D eigenvalue weighted by Gasteiger charge is -2.14. The molecule has 0 atom stereocenters. The third kappa shape index (κ3) is 5.89. The molecule has 0 radical (unpaired) electrons. The summed E-state index contributed by atoms with van der Waals surface area (Å²) in [5, 5.41) is 9.33. The van der Waals surface area contributed by atoms with E-state index in [1.807, 2.05) is 47.7 Å². The Balaban J connectivity index is 1.01. The Morgan fingerprint density at radius 3 is 1.77 bits per heavy atom. The highest BCUT2D eigenvalue weighted by Crippen LogP contribution is 2.44. The van der Waals surface area contributed by atoms with Gasteiger partial charge >= 0.3 is 0 Å². The van der Waals surface area contributed by atoms with Crippen LogP contribution in [0.25, 0.3) is 142 Å². The molecular formula is C63H37N5OS. The minimum atomic E-state index is 0.524. The molecule has 70 heavy (non-hydrogen) atoms. The van der Waals surface area contributed by atoms with E-state index >= 15 is 0 Å². The lowest BCUT2D eigenvalue weighted by Crippen LogP contribution is -2.07. The fourth-order valence-electron chi connectivity index (χ4n) is 10.9. The molecule has 5 heterocycles. The Hall–Kier alpha value is -9.17. The molecule has 0 fully saturated rings. The molecule has 0 aliphatic rings. The number of thiophene rings is 1. The van der Waals surface area contributed by atoms with Crippen LogP contribution in [0.15, 0.2) is 229 Å². The van der Waals surface area contributed by atoms with E-state index in [9.17, 15) is 0 Å². The molecule has 0 saturated heterocycles. The van der Waals surface area contributed by atoms with Crippen LogP contribution in [-0.4, -0.2) is 24.1 Å². The van der Waals surface area contributed by atoms with Crippen LogP contribution in [0.3, 0.4) is 0 Å². The molecule has 0 aliphatic carbocycles. The Morgan fingerprint density at radius 2 is 0.943 bits per heavy atom. The predicted octanol–water partition coefficient (Wildman–Crippen LogP) is 17.0. The van der Waals surface area contributed by atoms with Crippen LogP contribution >= 0.6 is 11.3 Å². The third-order valence-electron chi connectivity index (χ3n) is 14.0. The van der Waals surface area contributed by atoms with Crippen LogP contribution in [0, 0.1) is 0 Å². The zero-order chi connectivity index (χ0) is 45.9. The fourth-order valence-corrected chi connectivity index (χ4v) is 12.0. The fraction of sp³-hybridized carbons (Fsp3) is 0. The maximum atomic E-state index is 6.41. The van der Waals surface area contributed by atoms with Gasteiger partial charge in [0.15, 0.2) is 11.6 Å². The molecular weight excluding hydrogens is 875 g/mol. The van der Waals surface area contributed by atoms with E-state index in [0.717, 1.165) is 88.3 Å². The Kier molecular flexibility index (Phi) is 8.43. The summed E-state index contributed by atoms with van der Waals surface area (Å²) in [6.45, 7) is 0. The average molecular weight is 912 g/mol. The van der Waals surface area contributed by atoms with Gasteiger partial charge in [0.1, 0.15) is 11.2 Å². The van der Waals surface area contributed by atoms with Crippen molar-refractivity contribution >= 4 is 97.1 Å². The Morgan fingerprint density at radius 1 is 0.343 bits per heavy atom. The zero-order valence-electron chi connectivity index (χ0n) is 37.4. The number of furan rings is 1. The highest BCUT2D eigenvalue weighted by atomic mass is 32.1. The standard InChI is InChI=1S/C63H37N5OS/c1-2-15-38(16-3-1)61-64-62(41-31-33-48-47-21-6-10-28-55(47)69-56(48)36-41)66-63(65-61)68-54-34-32-42(67-52-26-8-4-19-45(52)46-20-5-9-27-53(46)67)37-51(54)49-25-13-24-44(60(49)68)40-18-12-17-39(35-40)43-23-14-30-58-59(43)50-22-7-11-29-57(50)70-58/h1-37H. The van der Waals surface area contributed by atoms with Crippen molar-refractivity contribution in [1.82, 2.24) is 24.1 Å². The number of aromatic nitrogens is 5. The van der Waals surface area contributed by atoms with E-state index in [2.05, 4.69) is 197 Å². The number of fused-ring (bicyclic) bond motifs is 12. The average Bonchev–Trinajstić information content (AvgIpc) is 4.18. The maximum Gasteiger partial charge on any atom is 0.238 e. The monoisotopic (exact) mass is 911 g/mol. The minimum absolute atomic E-state index is 0.524. The van der Waals surface area contributed by atoms with Crippen LogP contribution < -0.4 is 0 Å². The van der Waals surface area contributed by atoms with Gasteiger partial charge < -0.3 is 8.98 Å². The Labute approximate surface area is 404 Å². The molecule has 0 N–H and O–H groups in total. The number of rotatable bonds is 6. The summed E-state index contributed by atoms with van der Waals surface area (Å²) in [6.07, 6.45) is 0. The second kappa shape index (κ2) is 15.2. The molecule has 6 nitrogen and oxygen atoms in total. The van der Waals surface area contributed by atoms with Crippen molar-refractivity contribution in [2.75, 3.05) is 0 Å². The largest absolute Gasteiger partial charge is 0.456 e. The zero-order valence-corrected chi connectivity index (χ0v) is 38.2. The molecule has 15 rings (SSSR count). The van der Waals surface area contributed by atoms with Crippen LogP contribution in [-0.2, 0) is 0 Å². The molecule has 0 amide bonds. The highest BCUT2D eigenvalue weighted by molar-refractivity contribution is 7.25. The minimum Gasteiger partial charge on any atom is -0.456 e. The molecule has 0 bridgehead atoms. The van der Waals surface area contributed by atoms with Gasteiger partial charge in [-0.1, -0.05) is 158 Å². The first-order valence-corrected chi connectivity index (χ1v) is 24.3. The summed E-state index contributed by atoms with van der Waals surface area (Å²) in [4.78, 5) is 16.0. The third-order valence-corrected chi connectivity index (χ3v) is 15.1. The first kappa shape index (κ1) is 38.9. The summed E-state index contributed by atoms with van der Waals surface area (Å²) in [5.41, 5.74) is 13.3. The summed E-state index contributed by atoms with van der Waals surface area (Å²) >= 11 is 1.85. The molecule has 326 valence electrons. The van der Waals surface area contributed by atoms with Crippen LogP contribution in [0.5, 0.6) is 0 Å². The maximum absolute atomic E-state index is 6.41. The second-order valence-electron chi connectivity index (χ2n) is 17.9. The van der Waals surface area contributed by atoms with E-state index in [1.165, 1.54) is 36.5 Å². The molecule has 0 spiro atoms. The van der Waals surface area contributed by atoms with E-state index in [1.54, 1.807) is 0 Å². The first-order chi connectivity index (χ1) is 34.7. The molecule has 0 saturated carbocycles. The number of para-hydroxylation sites is 4. The SMILES string of the molecule is c1ccc(-c2nc(-c3ccc4c(c3)oc3ccccc34)nc(-n3c4ccc(-n5c6ccccc6c6ccccc65)cc4c4cccc(-c5cccc(-c6cccc7sc8ccccc8c67)c5)c43)n2)cc1. The lowest BCUT2D eigenvalue weighted by atomic mass is 9.95. The van der Waals surface area contributed by atoms with Crippen molar-refractivity contribution in [3.8, 4) is 56.7 Å². The molecule has 0 unspecified atom stereocenters. The van der Waals surface area contributed by atoms with E-state index < -0.39 is 0 Å². The molecule has 15 aromatic rings. The van der Waals surface area contributed by atoms with E-state index in [4.69, 9.17) is 19.4 Å². The van der Waals surface area contributed by atoms with Gasteiger partial charge in [-0.3, -0.25) is 4.57 Å². The van der Waals surface area contributed by atoms with Gasteiger partial charge in [-0.25, -0.2) is 4.98 Å². The number of nitrogens with zero attached hydrogens (tertiary/aromatic N) is 5. The van der Waals surface area contributed by atoms with Crippen molar-refractivity contribution in [3.05, 3.63) is 224 Å². The second-order valence-corrected chi connectivity index (χ2v) is 19.0. The normalized spacial score (nSPS) is 12.0. The van der Waals surface area contributed by atoms with Crippen molar-refractivity contribution in [1.29, 1.82) is 0 Å². The number of hydrogen-bond acceptors (Lipinski definition) is 5. The topological polar surface area (TPSA) is 61.7 Å². The predicted molar refractivity (Wildman–Crippen MR) is 290 cm³/mol. The summed E-state index contributed by atoms with van der Waals surface area (Å²) in [6, 6.07) is 79.9. The number of hydrogen-bond donors (Lipinski definition) is 0. The van der Waals surface area contributed by atoms with Gasteiger partial charge in [-0.05, 0) is 83.4 Å². The molecule has 7 heteroatoms. The lowest BCUT2D eigenvalue weighted by molar-refractivity contribution is 0.669. The van der Waals surface area contributed by atoms with E-state index in [-0.39, 0.29) is 0 Å². The summed E-state index contributed by atoms with van der Waals surface area (Å²) in [7, 11) is 0. The van der Waals surface area contributed by atoms with Gasteiger partial charge in [0.05, 0.1) is 22.1 Å². The van der Waals surface area contributed by atoms with Gasteiger partial charge in [-0.2, -0.15) is 9.97 Å². The molecule has 10 aromatic carbocycles. The van der Waals surface area contributed by atoms with Crippen molar-refractivity contribution in [3.63, 3.8) is 0 Å². The van der Waals surface area contributed by atoms with Crippen LogP contribution in [0.2, 0.25) is 0 Å². The van der Waals surface area contributed by atoms with Crippen LogP contribution in [0.4, 0.5) is 0 Å². The van der Waals surface area contributed by atoms with Crippen LogP contribution in [0.1, 0.15) is 0 Å². The van der Waals surface area contributed by atoms with Gasteiger partial charge in [0.25, 0.3) is 0 Å². The van der Waals surface area contributed by atoms with Crippen molar-refractivity contribution in [2.45, 2.75) is 0 Å². The smallest absolute Gasteiger partial charge is 0.238 e. The van der Waals surface area contributed by atoms with Crippen molar-refractivity contribution < 1.29 is 4.42 Å². The first-order valence-electron chi connectivity index (χ1n) is 23.5. The van der Waals surface area contributed by atoms with Gasteiger partial charge in [-0.15, -0.1) is 11.3 Å². The van der Waals surface area contributed by atoms with E-state index in [0.29, 0.717) is 17.6 Å². The highest BCUT2D eigenvalue weighted by Gasteiger charge is 2.23. The summed E-state index contributed by atoms with van der Waals surface area (Å²) in [5.74, 6) is 1.66. The molecule has 0 aliphatic heterocycles. The molecule has 5 aromatic heterocycles. The Bertz CT molecular complexity index is 4560. The quantitative estimate of drug-likeness (QED) is 0.167. The number of benzene rings is 10. The summed E-state index contributed by atoms with van der Waals surface area (Å²) < 4.78 is 13.6. The van der Waals surface area contributed by atoms with Crippen molar-refractivity contribution in [2.24, 2.45) is 0 Å².